The fourth-order valence-corrected chi connectivity index (χ4v) is 2.92. The predicted molar refractivity (Wildman–Crippen MR) is 68.8 cm³/mol. The van der Waals surface area contributed by atoms with Gasteiger partial charge in [0.05, 0.1) is 12.0 Å². The van der Waals surface area contributed by atoms with Crippen molar-refractivity contribution in [3.8, 4) is 0 Å². The van der Waals surface area contributed by atoms with Gasteiger partial charge >= 0.3 is 0 Å². The van der Waals surface area contributed by atoms with Crippen molar-refractivity contribution < 1.29 is 12.8 Å². The van der Waals surface area contributed by atoms with Crippen LogP contribution in [0, 0.1) is 0 Å². The monoisotopic (exact) mass is 259 g/mol. The van der Waals surface area contributed by atoms with Crippen molar-refractivity contribution in [2.24, 2.45) is 0 Å². The lowest BCUT2D eigenvalue weighted by atomic mass is 10.2. The first-order valence-electron chi connectivity index (χ1n) is 5.92. The molecule has 1 aromatic heterocycles. The van der Waals surface area contributed by atoms with Crippen molar-refractivity contribution in [1.29, 1.82) is 0 Å². The molecule has 4 nitrogen and oxygen atoms in total. The van der Waals surface area contributed by atoms with E-state index in [-0.39, 0.29) is 23.6 Å². The molecule has 17 heavy (non-hydrogen) atoms. The van der Waals surface area contributed by atoms with E-state index < -0.39 is 9.84 Å². The number of furan rings is 1. The summed E-state index contributed by atoms with van der Waals surface area (Å²) in [5.41, 5.74) is 0. The molecule has 0 aliphatic rings. The van der Waals surface area contributed by atoms with E-state index in [1.807, 2.05) is 26.0 Å². The molecular formula is C12H21NO3S. The molecule has 98 valence electrons. The zero-order valence-corrected chi connectivity index (χ0v) is 11.5. The average Bonchev–Trinajstić information content (AvgIpc) is 2.69. The van der Waals surface area contributed by atoms with Gasteiger partial charge < -0.3 is 9.73 Å². The highest BCUT2D eigenvalue weighted by Crippen LogP contribution is 2.05. The third kappa shape index (κ3) is 5.37. The molecular weight excluding hydrogens is 238 g/mol. The topological polar surface area (TPSA) is 59.3 Å². The zero-order valence-electron chi connectivity index (χ0n) is 10.6. The maximum absolute atomic E-state index is 11.4. The maximum atomic E-state index is 11.4. The Morgan fingerprint density at radius 3 is 2.59 bits per heavy atom. The van der Waals surface area contributed by atoms with Gasteiger partial charge in [-0.25, -0.2) is 8.42 Å². The van der Waals surface area contributed by atoms with Crippen LogP contribution in [0.5, 0.6) is 0 Å². The summed E-state index contributed by atoms with van der Waals surface area (Å²) < 4.78 is 28.1. The minimum absolute atomic E-state index is 0.0371. The van der Waals surface area contributed by atoms with E-state index in [4.69, 9.17) is 4.42 Å². The fraction of sp³-hybridized carbons (Fsp3) is 0.667. The lowest BCUT2D eigenvalue weighted by Crippen LogP contribution is -2.40. The quantitative estimate of drug-likeness (QED) is 0.808. The minimum Gasteiger partial charge on any atom is -0.469 e. The summed E-state index contributed by atoms with van der Waals surface area (Å²) in [6.45, 7) is 5.60. The molecule has 0 aliphatic carbocycles. The summed E-state index contributed by atoms with van der Waals surface area (Å²) in [4.78, 5) is 0. The van der Waals surface area contributed by atoms with Crippen LogP contribution in [0.2, 0.25) is 0 Å². The largest absolute Gasteiger partial charge is 0.469 e. The highest BCUT2D eigenvalue weighted by atomic mass is 32.2. The van der Waals surface area contributed by atoms with Gasteiger partial charge in [-0.1, -0.05) is 6.92 Å². The predicted octanol–water partition coefficient (Wildman–Crippen LogP) is 1.62. The molecule has 0 fully saturated rings. The molecule has 0 spiro atoms. The van der Waals surface area contributed by atoms with Crippen LogP contribution < -0.4 is 5.32 Å². The Hall–Kier alpha value is -0.810. The van der Waals surface area contributed by atoms with Crippen molar-refractivity contribution in [3.05, 3.63) is 24.2 Å². The average molecular weight is 259 g/mol. The molecule has 1 rings (SSSR count). The van der Waals surface area contributed by atoms with Gasteiger partial charge in [-0.05, 0) is 26.0 Å². The van der Waals surface area contributed by atoms with Crippen LogP contribution >= 0.6 is 0 Å². The second-order valence-electron chi connectivity index (χ2n) is 4.45. The minimum atomic E-state index is -2.91. The summed E-state index contributed by atoms with van der Waals surface area (Å²) >= 11 is 0. The summed E-state index contributed by atoms with van der Waals surface area (Å²) in [7, 11) is -2.91. The van der Waals surface area contributed by atoms with Crippen LogP contribution in [0.4, 0.5) is 0 Å². The Morgan fingerprint density at radius 1 is 1.35 bits per heavy atom. The Bertz CT molecular complexity index is 411. The molecule has 0 aliphatic heterocycles. The van der Waals surface area contributed by atoms with Gasteiger partial charge in [0.15, 0.2) is 9.84 Å². The van der Waals surface area contributed by atoms with E-state index in [0.717, 1.165) is 12.2 Å². The highest BCUT2D eigenvalue weighted by Gasteiger charge is 2.15. The fourth-order valence-electron chi connectivity index (χ4n) is 1.82. The van der Waals surface area contributed by atoms with Gasteiger partial charge in [-0.3, -0.25) is 0 Å². The lowest BCUT2D eigenvalue weighted by molar-refractivity contribution is 0.434. The van der Waals surface area contributed by atoms with E-state index in [9.17, 15) is 8.42 Å². The normalized spacial score (nSPS) is 15.7. The molecule has 0 amide bonds. The first-order chi connectivity index (χ1) is 7.93. The molecule has 1 N–H and O–H groups in total. The first kappa shape index (κ1) is 14.3. The molecule has 0 radical (unpaired) electrons. The van der Waals surface area contributed by atoms with Crippen LogP contribution in [0.25, 0.3) is 0 Å². The third-order valence-corrected chi connectivity index (χ3v) is 4.49. The molecule has 0 saturated carbocycles. The van der Waals surface area contributed by atoms with Crippen LogP contribution in [-0.2, 0) is 16.3 Å². The highest BCUT2D eigenvalue weighted by molar-refractivity contribution is 7.91. The molecule has 5 heteroatoms. The Labute approximate surface area is 103 Å². The number of nitrogens with one attached hydrogen (secondary N) is 1. The maximum Gasteiger partial charge on any atom is 0.151 e. The molecule has 2 unspecified atom stereocenters. The standard InChI is InChI=1S/C12H21NO3S/c1-4-17(14,15)9-11(3)13-10(2)8-12-6-5-7-16-12/h5-7,10-11,13H,4,8-9H2,1-3H3. The number of sulfone groups is 1. The van der Waals surface area contributed by atoms with Crippen LogP contribution in [0.1, 0.15) is 26.5 Å². The molecule has 0 bridgehead atoms. The lowest BCUT2D eigenvalue weighted by Gasteiger charge is -2.19. The molecule has 1 aromatic rings. The van der Waals surface area contributed by atoms with Gasteiger partial charge in [0, 0.05) is 24.3 Å². The second kappa shape index (κ2) is 6.21. The summed E-state index contributed by atoms with van der Waals surface area (Å²) in [6, 6.07) is 3.94. The van der Waals surface area contributed by atoms with Crippen molar-refractivity contribution in [3.63, 3.8) is 0 Å². The molecule has 0 saturated heterocycles. The number of hydrogen-bond donors (Lipinski definition) is 1. The van der Waals surface area contributed by atoms with E-state index in [1.54, 1.807) is 13.2 Å². The van der Waals surface area contributed by atoms with Crippen LogP contribution in [0.3, 0.4) is 0 Å². The summed E-state index contributed by atoms with van der Waals surface area (Å²) in [5.74, 6) is 1.30. The van der Waals surface area contributed by atoms with Crippen LogP contribution in [-0.4, -0.2) is 32.0 Å². The summed E-state index contributed by atoms with van der Waals surface area (Å²) in [6.07, 6.45) is 2.41. The molecule has 0 aromatic carbocycles. The molecule has 2 atom stereocenters. The first-order valence-corrected chi connectivity index (χ1v) is 7.74. The van der Waals surface area contributed by atoms with Crippen molar-refractivity contribution >= 4 is 9.84 Å². The Balaban J connectivity index is 2.38. The van der Waals surface area contributed by atoms with Gasteiger partial charge in [0.2, 0.25) is 0 Å². The summed E-state index contributed by atoms with van der Waals surface area (Å²) in [5, 5.41) is 3.27. The van der Waals surface area contributed by atoms with Gasteiger partial charge in [-0.15, -0.1) is 0 Å². The third-order valence-electron chi connectivity index (χ3n) is 2.60. The number of hydrogen-bond acceptors (Lipinski definition) is 4. The van der Waals surface area contributed by atoms with Crippen molar-refractivity contribution in [2.75, 3.05) is 11.5 Å². The number of rotatable bonds is 7. The van der Waals surface area contributed by atoms with E-state index in [0.29, 0.717) is 0 Å². The van der Waals surface area contributed by atoms with E-state index in [2.05, 4.69) is 5.32 Å². The smallest absolute Gasteiger partial charge is 0.151 e. The van der Waals surface area contributed by atoms with Crippen LogP contribution in [0.15, 0.2) is 22.8 Å². The zero-order chi connectivity index (χ0) is 12.9. The van der Waals surface area contributed by atoms with Gasteiger partial charge in [-0.2, -0.15) is 0 Å². The Kier molecular flexibility index (Phi) is 5.21. The second-order valence-corrected chi connectivity index (χ2v) is 6.85. The van der Waals surface area contributed by atoms with E-state index >= 15 is 0 Å². The van der Waals surface area contributed by atoms with E-state index in [1.165, 1.54) is 0 Å². The van der Waals surface area contributed by atoms with Crippen molar-refractivity contribution in [1.82, 2.24) is 5.32 Å². The molecule has 1 heterocycles. The van der Waals surface area contributed by atoms with Crippen molar-refractivity contribution in [2.45, 2.75) is 39.3 Å². The SMILES string of the molecule is CCS(=O)(=O)CC(C)NC(C)Cc1ccco1. The van der Waals surface area contributed by atoms with Gasteiger partial charge in [0.1, 0.15) is 5.76 Å². The Morgan fingerprint density at radius 2 is 2.06 bits per heavy atom. The van der Waals surface area contributed by atoms with Gasteiger partial charge in [0.25, 0.3) is 0 Å².